The number of fused-ring (bicyclic) bond motifs is 1. The van der Waals surface area contributed by atoms with Crippen LogP contribution in [0.5, 0.6) is 5.75 Å². The number of benzene rings is 2. The molecule has 0 saturated carbocycles. The number of hydrogen-bond acceptors (Lipinski definition) is 4. The maximum atomic E-state index is 11.3. The van der Waals surface area contributed by atoms with Crippen molar-refractivity contribution >= 4 is 22.6 Å². The molecule has 0 atom stereocenters. The summed E-state index contributed by atoms with van der Waals surface area (Å²) in [6.07, 6.45) is 0. The van der Waals surface area contributed by atoms with Gasteiger partial charge in [-0.2, -0.15) is 0 Å². The van der Waals surface area contributed by atoms with Gasteiger partial charge in [0.2, 0.25) is 0 Å². The third-order valence-electron chi connectivity index (χ3n) is 4.56. The number of carboxylic acids is 1. The summed E-state index contributed by atoms with van der Waals surface area (Å²) in [5.74, 6) is -0.149. The van der Waals surface area contributed by atoms with Gasteiger partial charge in [-0.15, -0.1) is 0 Å². The van der Waals surface area contributed by atoms with E-state index in [1.807, 2.05) is 37.4 Å². The predicted molar refractivity (Wildman–Crippen MR) is 104 cm³/mol. The van der Waals surface area contributed by atoms with Crippen molar-refractivity contribution in [2.45, 2.75) is 19.9 Å². The molecule has 0 aliphatic rings. The Hall–Kier alpha value is -3.08. The minimum Gasteiger partial charge on any atom is -0.497 e. The van der Waals surface area contributed by atoms with Crippen LogP contribution < -0.4 is 9.64 Å². The Morgan fingerprint density at radius 1 is 1.12 bits per heavy atom. The quantitative estimate of drug-likeness (QED) is 0.736. The van der Waals surface area contributed by atoms with E-state index in [4.69, 9.17) is 9.72 Å². The van der Waals surface area contributed by atoms with Gasteiger partial charge >= 0.3 is 5.97 Å². The van der Waals surface area contributed by atoms with Crippen molar-refractivity contribution < 1.29 is 14.6 Å². The lowest BCUT2D eigenvalue weighted by molar-refractivity contribution is 0.0697. The lowest BCUT2D eigenvalue weighted by atomic mass is 10.0. The highest BCUT2D eigenvalue weighted by atomic mass is 16.5. The molecule has 0 saturated heterocycles. The van der Waals surface area contributed by atoms with Crippen LogP contribution in [0.15, 0.2) is 48.5 Å². The Labute approximate surface area is 152 Å². The standard InChI is InChI=1S/C21H22N2O3/c1-13(2)23(3)19-12-16-11-15(21(24)25)7-10-18(16)22-20(19)14-5-8-17(26-4)9-6-14/h5-13H,1-4H3,(H,24,25). The molecule has 0 spiro atoms. The average Bonchev–Trinajstić information content (AvgIpc) is 2.65. The van der Waals surface area contributed by atoms with Crippen LogP contribution in [0, 0.1) is 0 Å². The van der Waals surface area contributed by atoms with Gasteiger partial charge in [0.1, 0.15) is 5.75 Å². The summed E-state index contributed by atoms with van der Waals surface area (Å²) >= 11 is 0. The molecule has 1 heterocycles. The predicted octanol–water partition coefficient (Wildman–Crippen LogP) is 4.45. The van der Waals surface area contributed by atoms with Crippen molar-refractivity contribution in [2.24, 2.45) is 0 Å². The highest BCUT2D eigenvalue weighted by Crippen LogP contribution is 2.33. The summed E-state index contributed by atoms with van der Waals surface area (Å²) in [7, 11) is 3.66. The van der Waals surface area contributed by atoms with Crippen molar-refractivity contribution in [3.05, 3.63) is 54.1 Å². The number of rotatable bonds is 5. The molecule has 5 heteroatoms. The number of carboxylic acid groups (broad SMARTS) is 1. The first-order valence-corrected chi connectivity index (χ1v) is 8.46. The second kappa shape index (κ2) is 7.04. The summed E-state index contributed by atoms with van der Waals surface area (Å²) in [5.41, 5.74) is 3.83. The minimum absolute atomic E-state index is 0.259. The molecule has 1 aromatic heterocycles. The lowest BCUT2D eigenvalue weighted by Gasteiger charge is -2.26. The number of aromatic nitrogens is 1. The number of nitrogens with zero attached hydrogens (tertiary/aromatic N) is 2. The van der Waals surface area contributed by atoms with Gasteiger partial charge in [0.15, 0.2) is 0 Å². The maximum Gasteiger partial charge on any atom is 0.335 e. The van der Waals surface area contributed by atoms with E-state index >= 15 is 0 Å². The second-order valence-electron chi connectivity index (χ2n) is 6.50. The van der Waals surface area contributed by atoms with Gasteiger partial charge in [0.05, 0.1) is 29.6 Å². The van der Waals surface area contributed by atoms with E-state index in [-0.39, 0.29) is 11.6 Å². The number of methoxy groups -OCH3 is 1. The summed E-state index contributed by atoms with van der Waals surface area (Å²) in [5, 5.41) is 10.1. The fraction of sp³-hybridized carbons (Fsp3) is 0.238. The third kappa shape index (κ3) is 3.33. The van der Waals surface area contributed by atoms with Gasteiger partial charge in [-0.05, 0) is 62.4 Å². The van der Waals surface area contributed by atoms with Gasteiger partial charge < -0.3 is 14.7 Å². The van der Waals surface area contributed by atoms with Crippen molar-refractivity contribution in [1.29, 1.82) is 0 Å². The molecule has 26 heavy (non-hydrogen) atoms. The first-order valence-electron chi connectivity index (χ1n) is 8.46. The average molecular weight is 350 g/mol. The lowest BCUT2D eigenvalue weighted by Crippen LogP contribution is -2.26. The van der Waals surface area contributed by atoms with Crippen molar-refractivity contribution in [3.8, 4) is 17.0 Å². The molecule has 5 nitrogen and oxygen atoms in total. The van der Waals surface area contributed by atoms with Crippen molar-refractivity contribution in [2.75, 3.05) is 19.1 Å². The molecule has 0 unspecified atom stereocenters. The van der Waals surface area contributed by atoms with Crippen molar-refractivity contribution in [1.82, 2.24) is 4.98 Å². The van der Waals surface area contributed by atoms with Gasteiger partial charge in [-0.1, -0.05) is 0 Å². The second-order valence-corrected chi connectivity index (χ2v) is 6.50. The highest BCUT2D eigenvalue weighted by Gasteiger charge is 2.16. The SMILES string of the molecule is COc1ccc(-c2nc3ccc(C(=O)O)cc3cc2N(C)C(C)C)cc1. The molecule has 0 fully saturated rings. The zero-order valence-corrected chi connectivity index (χ0v) is 15.4. The molecule has 3 rings (SSSR count). The molecule has 0 bridgehead atoms. The zero-order valence-electron chi connectivity index (χ0n) is 15.4. The van der Waals surface area contributed by atoms with Gasteiger partial charge in [0, 0.05) is 24.0 Å². The first kappa shape index (κ1) is 17.7. The van der Waals surface area contributed by atoms with Crippen LogP contribution in [0.25, 0.3) is 22.2 Å². The van der Waals surface area contributed by atoms with Crippen LogP contribution in [0.4, 0.5) is 5.69 Å². The van der Waals surface area contributed by atoms with E-state index in [2.05, 4.69) is 18.7 Å². The molecule has 0 radical (unpaired) electrons. The highest BCUT2D eigenvalue weighted by molar-refractivity contribution is 5.96. The molecule has 3 aromatic rings. The molecule has 0 aliphatic heterocycles. The molecule has 134 valence electrons. The molecule has 0 aliphatic carbocycles. The van der Waals surface area contributed by atoms with Crippen LogP contribution in [-0.2, 0) is 0 Å². The van der Waals surface area contributed by atoms with E-state index in [1.54, 1.807) is 25.3 Å². The Morgan fingerprint density at radius 2 is 1.81 bits per heavy atom. The fourth-order valence-corrected chi connectivity index (χ4v) is 2.81. The summed E-state index contributed by atoms with van der Waals surface area (Å²) in [6, 6.07) is 15.1. The smallest absolute Gasteiger partial charge is 0.335 e. The van der Waals surface area contributed by atoms with Crippen molar-refractivity contribution in [3.63, 3.8) is 0 Å². The van der Waals surface area contributed by atoms with Gasteiger partial charge in [0.25, 0.3) is 0 Å². The molecule has 2 aromatic carbocycles. The monoisotopic (exact) mass is 350 g/mol. The topological polar surface area (TPSA) is 62.7 Å². The first-order chi connectivity index (χ1) is 12.4. The normalized spacial score (nSPS) is 11.0. The maximum absolute atomic E-state index is 11.3. The number of anilines is 1. The van der Waals surface area contributed by atoms with Crippen LogP contribution in [0.1, 0.15) is 24.2 Å². The van der Waals surface area contributed by atoms with E-state index in [0.29, 0.717) is 0 Å². The minimum atomic E-state index is -0.940. The molecular formula is C21H22N2O3. The Morgan fingerprint density at radius 3 is 2.38 bits per heavy atom. The van der Waals surface area contributed by atoms with E-state index < -0.39 is 5.97 Å². The van der Waals surface area contributed by atoms with E-state index in [0.717, 1.165) is 33.6 Å². The van der Waals surface area contributed by atoms with Crippen LogP contribution >= 0.6 is 0 Å². The Bertz CT molecular complexity index is 949. The Kier molecular flexibility index (Phi) is 4.80. The fourth-order valence-electron chi connectivity index (χ4n) is 2.81. The molecular weight excluding hydrogens is 328 g/mol. The van der Waals surface area contributed by atoms with E-state index in [1.165, 1.54) is 0 Å². The number of pyridine rings is 1. The van der Waals surface area contributed by atoms with Crippen LogP contribution in [-0.4, -0.2) is 36.3 Å². The van der Waals surface area contributed by atoms with Gasteiger partial charge in [-0.25, -0.2) is 9.78 Å². The summed E-state index contributed by atoms with van der Waals surface area (Å²) in [6.45, 7) is 4.21. The third-order valence-corrected chi connectivity index (χ3v) is 4.56. The molecule has 1 N–H and O–H groups in total. The van der Waals surface area contributed by atoms with E-state index in [9.17, 15) is 9.90 Å². The number of aromatic carboxylic acids is 1. The van der Waals surface area contributed by atoms with Crippen LogP contribution in [0.3, 0.4) is 0 Å². The molecule has 0 amide bonds. The number of carbonyl (C=O) groups is 1. The summed E-state index contributed by atoms with van der Waals surface area (Å²) < 4.78 is 5.24. The number of hydrogen-bond donors (Lipinski definition) is 1. The van der Waals surface area contributed by atoms with Crippen LogP contribution in [0.2, 0.25) is 0 Å². The zero-order chi connectivity index (χ0) is 18.8. The summed E-state index contributed by atoms with van der Waals surface area (Å²) in [4.78, 5) is 18.2. The van der Waals surface area contributed by atoms with Gasteiger partial charge in [-0.3, -0.25) is 0 Å². The Balaban J connectivity index is 2.22. The largest absolute Gasteiger partial charge is 0.497 e. The number of ether oxygens (including phenoxy) is 1.